The highest BCUT2D eigenvalue weighted by atomic mass is 16.1. The van der Waals surface area contributed by atoms with Gasteiger partial charge in [-0.05, 0) is 29.2 Å². The van der Waals surface area contributed by atoms with E-state index in [1.54, 1.807) is 6.08 Å². The third-order valence-electron chi connectivity index (χ3n) is 5.19. The fraction of sp³-hybridized carbons (Fsp3) is 0.0345. The Balaban J connectivity index is 0.000000149. The molecule has 0 aliphatic heterocycles. The van der Waals surface area contributed by atoms with E-state index in [1.165, 1.54) is 0 Å². The van der Waals surface area contributed by atoms with E-state index < -0.39 is 0 Å². The zero-order valence-corrected chi connectivity index (χ0v) is 17.1. The van der Waals surface area contributed by atoms with E-state index in [-0.39, 0.29) is 11.6 Å². The number of rotatable bonds is 3. The van der Waals surface area contributed by atoms with Crippen molar-refractivity contribution in [2.24, 2.45) is 0 Å². The van der Waals surface area contributed by atoms with Crippen LogP contribution in [0.25, 0.3) is 6.08 Å². The minimum Gasteiger partial charge on any atom is -0.289 e. The third kappa shape index (κ3) is 4.93. The van der Waals surface area contributed by atoms with Crippen molar-refractivity contribution in [3.63, 3.8) is 0 Å². The van der Waals surface area contributed by atoms with Crippen molar-refractivity contribution in [3.05, 3.63) is 149 Å². The molecule has 150 valence electrons. The SMILES string of the molecule is O=C(/C=C/c1ccccc1)c1ccccc1.O=C1c2ccccc2Cc2ccccc21. The Kier molecular flexibility index (Phi) is 6.29. The maximum absolute atomic E-state index is 12.1. The summed E-state index contributed by atoms with van der Waals surface area (Å²) in [5, 5.41) is 0. The van der Waals surface area contributed by atoms with Crippen LogP contribution in [0.2, 0.25) is 0 Å². The molecule has 0 radical (unpaired) electrons. The van der Waals surface area contributed by atoms with Gasteiger partial charge in [0, 0.05) is 16.7 Å². The second kappa shape index (κ2) is 9.64. The second-order valence-electron chi connectivity index (χ2n) is 7.29. The molecule has 0 amide bonds. The van der Waals surface area contributed by atoms with Crippen LogP contribution in [0.3, 0.4) is 0 Å². The minimum atomic E-state index is 0.0319. The fourth-order valence-corrected chi connectivity index (χ4v) is 3.58. The summed E-state index contributed by atoms with van der Waals surface area (Å²) in [6.45, 7) is 0. The van der Waals surface area contributed by atoms with E-state index >= 15 is 0 Å². The van der Waals surface area contributed by atoms with E-state index in [2.05, 4.69) is 0 Å². The smallest absolute Gasteiger partial charge is 0.193 e. The van der Waals surface area contributed by atoms with Gasteiger partial charge in [-0.25, -0.2) is 0 Å². The molecular weight excluding hydrogens is 380 g/mol. The zero-order chi connectivity index (χ0) is 21.5. The van der Waals surface area contributed by atoms with Crippen molar-refractivity contribution < 1.29 is 9.59 Å². The molecule has 4 aromatic rings. The van der Waals surface area contributed by atoms with Gasteiger partial charge in [0.1, 0.15) is 0 Å². The Morgan fingerprint density at radius 2 is 1.10 bits per heavy atom. The summed E-state index contributed by atoms with van der Waals surface area (Å²) in [6, 6.07) is 34.8. The summed E-state index contributed by atoms with van der Waals surface area (Å²) in [4.78, 5) is 23.8. The molecule has 1 aliphatic rings. The van der Waals surface area contributed by atoms with Gasteiger partial charge in [-0.1, -0.05) is 115 Å². The van der Waals surface area contributed by atoms with Gasteiger partial charge in [-0.15, -0.1) is 0 Å². The van der Waals surface area contributed by atoms with Gasteiger partial charge >= 0.3 is 0 Å². The first-order valence-corrected chi connectivity index (χ1v) is 10.3. The van der Waals surface area contributed by atoms with Crippen molar-refractivity contribution in [2.45, 2.75) is 6.42 Å². The first-order valence-electron chi connectivity index (χ1n) is 10.3. The van der Waals surface area contributed by atoms with Gasteiger partial charge in [-0.2, -0.15) is 0 Å². The molecule has 0 fully saturated rings. The van der Waals surface area contributed by atoms with Crippen molar-refractivity contribution in [1.82, 2.24) is 0 Å². The normalized spacial score (nSPS) is 11.8. The maximum Gasteiger partial charge on any atom is 0.193 e. The van der Waals surface area contributed by atoms with Crippen LogP contribution in [0.15, 0.2) is 115 Å². The van der Waals surface area contributed by atoms with E-state index in [0.717, 1.165) is 39.8 Å². The molecular formula is C29H22O2. The largest absolute Gasteiger partial charge is 0.289 e. The Morgan fingerprint density at radius 3 is 1.68 bits per heavy atom. The Hall–Kier alpha value is -4.04. The lowest BCUT2D eigenvalue weighted by molar-refractivity contribution is 0.103. The molecule has 0 saturated heterocycles. The fourth-order valence-electron chi connectivity index (χ4n) is 3.58. The summed E-state index contributed by atoms with van der Waals surface area (Å²) in [7, 11) is 0. The van der Waals surface area contributed by atoms with Crippen molar-refractivity contribution >= 4 is 17.6 Å². The maximum atomic E-state index is 12.1. The molecule has 2 nitrogen and oxygen atoms in total. The molecule has 0 heterocycles. The van der Waals surface area contributed by atoms with Crippen LogP contribution in [0.5, 0.6) is 0 Å². The van der Waals surface area contributed by atoms with Crippen molar-refractivity contribution in [2.75, 3.05) is 0 Å². The highest BCUT2D eigenvalue weighted by Gasteiger charge is 2.21. The van der Waals surface area contributed by atoms with Crippen LogP contribution in [0.1, 0.15) is 43.0 Å². The molecule has 2 heteroatoms. The van der Waals surface area contributed by atoms with Gasteiger partial charge in [0.25, 0.3) is 0 Å². The first-order chi connectivity index (χ1) is 15.2. The van der Waals surface area contributed by atoms with Crippen LogP contribution < -0.4 is 0 Å². The van der Waals surface area contributed by atoms with Gasteiger partial charge < -0.3 is 0 Å². The summed E-state index contributed by atoms with van der Waals surface area (Å²) >= 11 is 0. The van der Waals surface area contributed by atoms with E-state index in [9.17, 15) is 9.59 Å². The highest BCUT2D eigenvalue weighted by molar-refractivity contribution is 6.12. The molecule has 4 aromatic carbocycles. The number of benzene rings is 4. The number of hydrogen-bond donors (Lipinski definition) is 0. The Bertz CT molecular complexity index is 1170. The Morgan fingerprint density at radius 1 is 0.613 bits per heavy atom. The van der Waals surface area contributed by atoms with E-state index in [1.807, 2.05) is 115 Å². The summed E-state index contributed by atoms with van der Waals surface area (Å²) < 4.78 is 0. The van der Waals surface area contributed by atoms with Gasteiger partial charge in [0.05, 0.1) is 0 Å². The predicted octanol–water partition coefficient (Wildman–Crippen LogP) is 6.40. The number of allylic oxidation sites excluding steroid dienone is 1. The second-order valence-corrected chi connectivity index (χ2v) is 7.29. The van der Waals surface area contributed by atoms with Crippen LogP contribution in [0, 0.1) is 0 Å². The average Bonchev–Trinajstić information content (AvgIpc) is 2.84. The number of carbonyl (C=O) groups is 2. The molecule has 5 rings (SSSR count). The van der Waals surface area contributed by atoms with Crippen LogP contribution in [0.4, 0.5) is 0 Å². The molecule has 0 N–H and O–H groups in total. The summed E-state index contributed by atoms with van der Waals surface area (Å²) in [6.07, 6.45) is 4.30. The molecule has 0 unspecified atom stereocenters. The average molecular weight is 402 g/mol. The standard InChI is InChI=1S/C15H12O.C14H10O/c16-15(14-9-5-2-6-10-14)12-11-13-7-3-1-4-8-13;15-14-12-7-3-1-5-10(12)9-11-6-2-4-8-13(11)14/h1-12H;1-8H,9H2/b12-11+;. The van der Waals surface area contributed by atoms with E-state index in [4.69, 9.17) is 0 Å². The highest BCUT2D eigenvalue weighted by Crippen LogP contribution is 2.26. The predicted molar refractivity (Wildman–Crippen MR) is 125 cm³/mol. The molecule has 0 spiro atoms. The molecule has 0 atom stereocenters. The Labute approximate surface area is 182 Å². The lowest BCUT2D eigenvalue weighted by Crippen LogP contribution is -2.14. The molecule has 0 saturated carbocycles. The lowest BCUT2D eigenvalue weighted by Gasteiger charge is -2.17. The molecule has 1 aliphatic carbocycles. The van der Waals surface area contributed by atoms with Gasteiger partial charge in [-0.3, -0.25) is 9.59 Å². The van der Waals surface area contributed by atoms with Crippen LogP contribution in [-0.4, -0.2) is 11.6 Å². The van der Waals surface area contributed by atoms with Crippen LogP contribution in [-0.2, 0) is 6.42 Å². The first kappa shape index (κ1) is 20.2. The topological polar surface area (TPSA) is 34.1 Å². The monoisotopic (exact) mass is 402 g/mol. The number of fused-ring (bicyclic) bond motifs is 2. The molecule has 31 heavy (non-hydrogen) atoms. The van der Waals surface area contributed by atoms with Crippen LogP contribution >= 0.6 is 0 Å². The number of hydrogen-bond acceptors (Lipinski definition) is 2. The minimum absolute atomic E-state index is 0.0319. The van der Waals surface area contributed by atoms with Gasteiger partial charge in [0.2, 0.25) is 0 Å². The summed E-state index contributed by atoms with van der Waals surface area (Å²) in [5.74, 6) is 0.192. The van der Waals surface area contributed by atoms with Crippen molar-refractivity contribution in [1.29, 1.82) is 0 Å². The molecule has 0 bridgehead atoms. The third-order valence-corrected chi connectivity index (χ3v) is 5.19. The zero-order valence-electron chi connectivity index (χ0n) is 17.1. The number of carbonyl (C=O) groups excluding carboxylic acids is 2. The van der Waals surface area contributed by atoms with Gasteiger partial charge in [0.15, 0.2) is 11.6 Å². The quantitative estimate of drug-likeness (QED) is 0.258. The van der Waals surface area contributed by atoms with E-state index in [0.29, 0.717) is 0 Å². The number of ketones is 2. The lowest BCUT2D eigenvalue weighted by atomic mass is 9.85. The summed E-state index contributed by atoms with van der Waals surface area (Å²) in [5.41, 5.74) is 5.75. The van der Waals surface area contributed by atoms with Crippen molar-refractivity contribution in [3.8, 4) is 0 Å². The molecule has 0 aromatic heterocycles.